The highest BCUT2D eigenvalue weighted by atomic mass is 19.1. The summed E-state index contributed by atoms with van der Waals surface area (Å²) < 4.78 is 12.6. The first-order chi connectivity index (χ1) is 4.45. The first-order valence-electron chi connectivity index (χ1n) is 2.34. The third kappa shape index (κ3) is 1.21. The molecule has 0 unspecified atom stereocenters. The Hall–Kier alpha value is -1.17. The van der Waals surface area contributed by atoms with Crippen molar-refractivity contribution in [3.05, 3.63) is 0 Å². The van der Waals surface area contributed by atoms with Gasteiger partial charge in [-0.2, -0.15) is 0 Å². The summed E-state index contributed by atoms with van der Waals surface area (Å²) in [7, 11) is 0. The van der Waals surface area contributed by atoms with Crippen LogP contribution in [-0.4, -0.2) is 29.2 Å². The summed E-state index contributed by atoms with van der Waals surface area (Å²) in [6.45, 7) is -1.32. The van der Waals surface area contributed by atoms with E-state index in [-0.39, 0.29) is 0 Å². The Morgan fingerprint density at radius 3 is 1.70 bits per heavy atom. The molecule has 0 rings (SSSR count). The van der Waals surface area contributed by atoms with Crippen molar-refractivity contribution in [3.63, 3.8) is 0 Å². The number of carbonyl (C=O) groups excluding carboxylic acids is 2. The van der Waals surface area contributed by atoms with Gasteiger partial charge in [-0.05, 0) is 0 Å². The van der Waals surface area contributed by atoms with E-state index < -0.39 is 24.1 Å². The fraction of sp³-hybridized carbons (Fsp3) is 0.500. The SMILES string of the molecule is NC(=O)C(F)(CO)C(N)=O. The Bertz CT molecular complexity index is 156. The van der Waals surface area contributed by atoms with E-state index in [1.165, 1.54) is 0 Å². The van der Waals surface area contributed by atoms with E-state index >= 15 is 0 Å². The third-order valence-corrected chi connectivity index (χ3v) is 0.999. The number of primary amides is 2. The number of alkyl halides is 1. The van der Waals surface area contributed by atoms with Gasteiger partial charge in [-0.3, -0.25) is 9.59 Å². The number of aliphatic hydroxyl groups excluding tert-OH is 1. The van der Waals surface area contributed by atoms with Crippen molar-refractivity contribution in [2.24, 2.45) is 11.5 Å². The number of halogens is 1. The Kier molecular flexibility index (Phi) is 2.30. The molecule has 0 bridgehead atoms. The zero-order valence-corrected chi connectivity index (χ0v) is 5.00. The smallest absolute Gasteiger partial charge is 0.287 e. The zero-order chi connectivity index (χ0) is 8.36. The quantitative estimate of drug-likeness (QED) is 0.392. The van der Waals surface area contributed by atoms with Gasteiger partial charge in [0, 0.05) is 0 Å². The Labute approximate surface area is 55.8 Å². The number of nitrogens with two attached hydrogens (primary N) is 2. The lowest BCUT2D eigenvalue weighted by Crippen LogP contribution is -2.53. The second-order valence-corrected chi connectivity index (χ2v) is 1.69. The predicted octanol–water partition coefficient (Wildman–Crippen LogP) is -2.34. The van der Waals surface area contributed by atoms with Crippen molar-refractivity contribution >= 4 is 11.8 Å². The summed E-state index contributed by atoms with van der Waals surface area (Å²) in [6, 6.07) is 0. The van der Waals surface area contributed by atoms with E-state index in [0.717, 1.165) is 0 Å². The number of hydrogen-bond acceptors (Lipinski definition) is 3. The molecule has 0 aromatic heterocycles. The first kappa shape index (κ1) is 8.83. The number of aliphatic hydroxyl groups is 1. The molecule has 0 atom stereocenters. The van der Waals surface area contributed by atoms with Crippen molar-refractivity contribution in [3.8, 4) is 0 Å². The average Bonchev–Trinajstić information content (AvgIpc) is 1.85. The van der Waals surface area contributed by atoms with Crippen LogP contribution in [0.3, 0.4) is 0 Å². The normalized spacial score (nSPS) is 11.0. The monoisotopic (exact) mass is 150 g/mol. The molecule has 0 spiro atoms. The topological polar surface area (TPSA) is 106 Å². The van der Waals surface area contributed by atoms with Gasteiger partial charge in [0.15, 0.2) is 0 Å². The van der Waals surface area contributed by atoms with Crippen LogP contribution in [0.4, 0.5) is 4.39 Å². The molecule has 0 aromatic carbocycles. The molecular formula is C4H7FN2O3. The predicted molar refractivity (Wildman–Crippen MR) is 29.3 cm³/mol. The molecule has 0 radical (unpaired) electrons. The van der Waals surface area contributed by atoms with Crippen LogP contribution in [0.5, 0.6) is 0 Å². The highest BCUT2D eigenvalue weighted by molar-refractivity contribution is 6.07. The molecule has 6 heteroatoms. The van der Waals surface area contributed by atoms with Gasteiger partial charge in [-0.25, -0.2) is 4.39 Å². The summed E-state index contributed by atoms with van der Waals surface area (Å²) in [4.78, 5) is 20.2. The summed E-state index contributed by atoms with van der Waals surface area (Å²) in [5.41, 5.74) is 5.69. The van der Waals surface area contributed by atoms with Crippen LogP contribution >= 0.6 is 0 Å². The number of hydrogen-bond donors (Lipinski definition) is 3. The standard InChI is InChI=1S/C4H7FN2O3/c5-4(1-8,2(6)9)3(7)10/h8H,1H2,(H2,6,9)(H2,7,10). The first-order valence-corrected chi connectivity index (χ1v) is 2.34. The maximum absolute atomic E-state index is 12.6. The average molecular weight is 150 g/mol. The van der Waals surface area contributed by atoms with E-state index in [0.29, 0.717) is 0 Å². The summed E-state index contributed by atoms with van der Waals surface area (Å²) in [6.07, 6.45) is 0. The zero-order valence-electron chi connectivity index (χ0n) is 5.00. The minimum absolute atomic E-state index is 1.32. The van der Waals surface area contributed by atoms with Crippen LogP contribution in [0, 0.1) is 0 Å². The lowest BCUT2D eigenvalue weighted by Gasteiger charge is -2.13. The maximum atomic E-state index is 12.6. The minimum atomic E-state index is -3.12. The van der Waals surface area contributed by atoms with Gasteiger partial charge in [0.2, 0.25) is 0 Å². The Morgan fingerprint density at radius 2 is 1.70 bits per heavy atom. The molecule has 0 fully saturated rings. The van der Waals surface area contributed by atoms with Gasteiger partial charge in [0.1, 0.15) is 0 Å². The van der Waals surface area contributed by atoms with Gasteiger partial charge in [-0.1, -0.05) is 0 Å². The summed E-state index contributed by atoms with van der Waals surface area (Å²) >= 11 is 0. The molecule has 10 heavy (non-hydrogen) atoms. The lowest BCUT2D eigenvalue weighted by molar-refractivity contribution is -0.144. The third-order valence-electron chi connectivity index (χ3n) is 0.999. The minimum Gasteiger partial charge on any atom is -0.392 e. The van der Waals surface area contributed by atoms with E-state index in [1.807, 2.05) is 0 Å². The molecule has 5 nitrogen and oxygen atoms in total. The number of rotatable bonds is 3. The maximum Gasteiger partial charge on any atom is 0.287 e. The van der Waals surface area contributed by atoms with Crippen LogP contribution in [0.1, 0.15) is 0 Å². The molecule has 0 saturated carbocycles. The van der Waals surface area contributed by atoms with E-state index in [9.17, 15) is 14.0 Å². The van der Waals surface area contributed by atoms with Crippen molar-refractivity contribution in [2.45, 2.75) is 5.67 Å². The van der Waals surface area contributed by atoms with Crippen LogP contribution in [0.2, 0.25) is 0 Å². The van der Waals surface area contributed by atoms with E-state index in [4.69, 9.17) is 5.11 Å². The summed E-state index contributed by atoms with van der Waals surface area (Å²) in [5.74, 6) is -3.16. The van der Waals surface area contributed by atoms with Crippen molar-refractivity contribution < 1.29 is 19.1 Å². The van der Waals surface area contributed by atoms with Gasteiger partial charge in [-0.15, -0.1) is 0 Å². The molecule has 0 aliphatic carbocycles. The largest absolute Gasteiger partial charge is 0.392 e. The second-order valence-electron chi connectivity index (χ2n) is 1.69. The fourth-order valence-corrected chi connectivity index (χ4v) is 0.277. The molecule has 5 N–H and O–H groups in total. The van der Waals surface area contributed by atoms with Crippen LogP contribution in [0.25, 0.3) is 0 Å². The Balaban J connectivity index is 4.55. The molecule has 2 amide bonds. The summed E-state index contributed by atoms with van der Waals surface area (Å²) in [5, 5.41) is 8.15. The van der Waals surface area contributed by atoms with Crippen LogP contribution < -0.4 is 11.5 Å². The lowest BCUT2D eigenvalue weighted by atomic mass is 10.1. The molecule has 0 heterocycles. The molecule has 0 saturated heterocycles. The number of carbonyl (C=O) groups is 2. The second kappa shape index (κ2) is 2.61. The van der Waals surface area contributed by atoms with E-state index in [1.54, 1.807) is 0 Å². The van der Waals surface area contributed by atoms with Crippen molar-refractivity contribution in [1.29, 1.82) is 0 Å². The highest BCUT2D eigenvalue weighted by Gasteiger charge is 2.42. The van der Waals surface area contributed by atoms with Gasteiger partial charge in [0.25, 0.3) is 17.5 Å². The van der Waals surface area contributed by atoms with E-state index in [2.05, 4.69) is 11.5 Å². The van der Waals surface area contributed by atoms with Crippen molar-refractivity contribution in [2.75, 3.05) is 6.61 Å². The molecule has 58 valence electrons. The Morgan fingerprint density at radius 1 is 1.40 bits per heavy atom. The van der Waals surface area contributed by atoms with Crippen LogP contribution in [-0.2, 0) is 9.59 Å². The molecule has 0 aromatic rings. The molecule has 0 aliphatic rings. The van der Waals surface area contributed by atoms with Gasteiger partial charge < -0.3 is 16.6 Å². The number of amides is 2. The van der Waals surface area contributed by atoms with Crippen LogP contribution in [0.15, 0.2) is 0 Å². The van der Waals surface area contributed by atoms with Gasteiger partial charge >= 0.3 is 0 Å². The van der Waals surface area contributed by atoms with Gasteiger partial charge in [0.05, 0.1) is 6.61 Å². The molecule has 0 aliphatic heterocycles. The fourth-order valence-electron chi connectivity index (χ4n) is 0.277. The highest BCUT2D eigenvalue weighted by Crippen LogP contribution is 2.07. The van der Waals surface area contributed by atoms with Crippen molar-refractivity contribution in [1.82, 2.24) is 0 Å². The molecular weight excluding hydrogens is 143 g/mol.